The molecule has 1 aliphatic rings. The summed E-state index contributed by atoms with van der Waals surface area (Å²) in [7, 11) is 1.31. The zero-order chi connectivity index (χ0) is 25.1. The summed E-state index contributed by atoms with van der Waals surface area (Å²) in [5.41, 5.74) is 7.18. The molecule has 35 heavy (non-hydrogen) atoms. The number of hydrogen-bond donors (Lipinski definition) is 3. The van der Waals surface area contributed by atoms with Gasteiger partial charge in [0, 0.05) is 11.4 Å². The third-order valence-corrected chi connectivity index (χ3v) is 7.20. The van der Waals surface area contributed by atoms with Gasteiger partial charge in [0.15, 0.2) is 0 Å². The number of rotatable bonds is 8. The van der Waals surface area contributed by atoms with E-state index in [0.717, 1.165) is 35.3 Å². The molecule has 0 atom stereocenters. The normalized spacial score (nSPS) is 12.3. The van der Waals surface area contributed by atoms with Crippen LogP contribution < -0.4 is 27.2 Å². The number of H-pyrrole nitrogens is 1. The lowest BCUT2D eigenvalue weighted by Crippen LogP contribution is -2.41. The van der Waals surface area contributed by atoms with Crippen LogP contribution in [0.25, 0.3) is 0 Å². The van der Waals surface area contributed by atoms with Crippen molar-refractivity contribution >= 4 is 39.7 Å². The van der Waals surface area contributed by atoms with E-state index < -0.39 is 23.1 Å². The molecule has 1 aromatic carbocycles. The molecular formula is C24H27N5O5S. The molecule has 0 fully saturated rings. The maximum atomic E-state index is 13.0. The Morgan fingerprint density at radius 2 is 1.97 bits per heavy atom. The van der Waals surface area contributed by atoms with E-state index in [2.05, 4.69) is 10.3 Å². The van der Waals surface area contributed by atoms with Crippen LogP contribution in [-0.2, 0) is 28.9 Å². The van der Waals surface area contributed by atoms with Gasteiger partial charge in [0.05, 0.1) is 25.8 Å². The van der Waals surface area contributed by atoms with E-state index in [1.165, 1.54) is 27.9 Å². The molecule has 2 heterocycles. The highest BCUT2D eigenvalue weighted by Gasteiger charge is 2.28. The van der Waals surface area contributed by atoms with E-state index in [0.29, 0.717) is 10.6 Å². The Morgan fingerprint density at radius 3 is 2.66 bits per heavy atom. The van der Waals surface area contributed by atoms with E-state index >= 15 is 0 Å². The van der Waals surface area contributed by atoms with Crippen LogP contribution in [0.15, 0.2) is 39.9 Å². The fourth-order valence-electron chi connectivity index (χ4n) is 4.30. The monoisotopic (exact) mass is 497 g/mol. The molecule has 0 saturated carbocycles. The van der Waals surface area contributed by atoms with Gasteiger partial charge in [-0.1, -0.05) is 30.3 Å². The number of nitrogens with two attached hydrogens (primary N) is 1. The Kier molecular flexibility index (Phi) is 7.06. The fourth-order valence-corrected chi connectivity index (χ4v) is 5.60. The number of hydrogen-bond acceptors (Lipinski definition) is 8. The average molecular weight is 498 g/mol. The van der Waals surface area contributed by atoms with Gasteiger partial charge < -0.3 is 20.7 Å². The third-order valence-electron chi connectivity index (χ3n) is 5.99. The van der Waals surface area contributed by atoms with Crippen molar-refractivity contribution in [1.82, 2.24) is 9.55 Å². The van der Waals surface area contributed by atoms with Gasteiger partial charge >= 0.3 is 11.7 Å². The first-order chi connectivity index (χ1) is 16.8. The highest BCUT2D eigenvalue weighted by atomic mass is 32.1. The van der Waals surface area contributed by atoms with Crippen LogP contribution in [0.3, 0.4) is 0 Å². The number of carbonyl (C=O) groups excluding carboxylic acids is 2. The van der Waals surface area contributed by atoms with Crippen molar-refractivity contribution < 1.29 is 14.3 Å². The zero-order valence-electron chi connectivity index (χ0n) is 19.6. The summed E-state index contributed by atoms with van der Waals surface area (Å²) in [6, 6.07) is 9.24. The number of anilines is 3. The number of likely N-dealkylation sites (N-methyl/N-ethyl adjacent to an activating group) is 1. The first-order valence-electron chi connectivity index (χ1n) is 11.3. The molecule has 184 valence electrons. The number of carbonyl (C=O) groups is 2. The van der Waals surface area contributed by atoms with Crippen LogP contribution in [0.4, 0.5) is 16.5 Å². The van der Waals surface area contributed by atoms with Gasteiger partial charge in [-0.05, 0) is 37.3 Å². The van der Waals surface area contributed by atoms with Crippen molar-refractivity contribution in [3.8, 4) is 0 Å². The maximum Gasteiger partial charge on any atom is 0.341 e. The predicted molar refractivity (Wildman–Crippen MR) is 135 cm³/mol. The van der Waals surface area contributed by atoms with Crippen molar-refractivity contribution in [2.24, 2.45) is 0 Å². The number of aromatic nitrogens is 2. The molecule has 3 aromatic rings. The number of aryl methyl sites for hydroxylation is 1. The van der Waals surface area contributed by atoms with Crippen molar-refractivity contribution in [1.29, 1.82) is 0 Å². The summed E-state index contributed by atoms with van der Waals surface area (Å²) in [6.45, 7) is 2.03. The van der Waals surface area contributed by atoms with E-state index in [1.54, 1.807) is 6.92 Å². The van der Waals surface area contributed by atoms with Crippen LogP contribution in [0, 0.1) is 0 Å². The van der Waals surface area contributed by atoms with Gasteiger partial charge in [0.25, 0.3) is 5.56 Å². The maximum absolute atomic E-state index is 13.0. The minimum Gasteiger partial charge on any atom is -0.465 e. The molecule has 10 nitrogen and oxygen atoms in total. The Labute approximate surface area is 205 Å². The molecule has 4 N–H and O–H groups in total. The van der Waals surface area contributed by atoms with Gasteiger partial charge in [-0.15, -0.1) is 11.3 Å². The lowest BCUT2D eigenvalue weighted by atomic mass is 10.1. The van der Waals surface area contributed by atoms with Crippen molar-refractivity contribution in [2.45, 2.75) is 32.7 Å². The van der Waals surface area contributed by atoms with Crippen molar-refractivity contribution in [2.75, 3.05) is 36.1 Å². The number of esters is 1. The fraction of sp³-hybridized carbons (Fsp3) is 0.333. The smallest absolute Gasteiger partial charge is 0.341 e. The summed E-state index contributed by atoms with van der Waals surface area (Å²) < 4.78 is 6.20. The number of ether oxygens (including phenoxy) is 1. The summed E-state index contributed by atoms with van der Waals surface area (Å²) in [5, 5.41) is 3.25. The second kappa shape index (κ2) is 10.2. The number of benzene rings is 1. The van der Waals surface area contributed by atoms with Crippen LogP contribution in [0.5, 0.6) is 0 Å². The number of thiophene rings is 1. The van der Waals surface area contributed by atoms with E-state index in [-0.39, 0.29) is 31.1 Å². The van der Waals surface area contributed by atoms with E-state index in [4.69, 9.17) is 10.5 Å². The molecule has 1 aliphatic carbocycles. The minimum atomic E-state index is -0.670. The lowest BCUT2D eigenvalue weighted by molar-refractivity contribution is -0.114. The zero-order valence-corrected chi connectivity index (χ0v) is 20.4. The second-order valence-corrected chi connectivity index (χ2v) is 9.29. The van der Waals surface area contributed by atoms with Crippen molar-refractivity contribution in [3.05, 3.63) is 72.7 Å². The second-order valence-electron chi connectivity index (χ2n) is 8.18. The molecule has 11 heteroatoms. The lowest BCUT2D eigenvalue weighted by Gasteiger charge is -2.24. The number of methoxy groups -OCH3 is 1. The Balaban J connectivity index is 1.60. The number of nitrogen functional groups attached to an aromatic ring is 1. The number of aromatic amines is 1. The molecule has 0 radical (unpaired) electrons. The average Bonchev–Trinajstić information content (AvgIpc) is 3.42. The molecular weight excluding hydrogens is 470 g/mol. The number of amides is 1. The Morgan fingerprint density at radius 1 is 1.23 bits per heavy atom. The summed E-state index contributed by atoms with van der Waals surface area (Å²) in [5.74, 6) is -0.931. The molecule has 4 rings (SSSR count). The Hall–Kier alpha value is -3.86. The topological polar surface area (TPSA) is 140 Å². The molecule has 0 aliphatic heterocycles. The first kappa shape index (κ1) is 24.3. The standard InChI is InChI=1S/C24H27N5O5S/c1-3-28(13-17(30)26-22-18(23(32)34-2)15-10-7-11-16(15)35-22)19-20(25)29(24(33)27-21(19)31)12-14-8-5-4-6-9-14/h4-6,8-9H,3,7,10-13,25H2,1-2H3,(H,26,30)(H,27,31,33). The van der Waals surface area contributed by atoms with Crippen LogP contribution in [-0.4, -0.2) is 41.6 Å². The molecule has 0 unspecified atom stereocenters. The van der Waals surface area contributed by atoms with E-state index in [9.17, 15) is 19.2 Å². The Bertz CT molecular complexity index is 1380. The number of nitrogens with zero attached hydrogens (tertiary/aromatic N) is 2. The first-order valence-corrected chi connectivity index (χ1v) is 12.1. The predicted octanol–water partition coefficient (Wildman–Crippen LogP) is 1.97. The van der Waals surface area contributed by atoms with Gasteiger partial charge in [0.1, 0.15) is 16.5 Å². The van der Waals surface area contributed by atoms with Gasteiger partial charge in [-0.2, -0.15) is 0 Å². The largest absolute Gasteiger partial charge is 0.465 e. The highest BCUT2D eigenvalue weighted by Crippen LogP contribution is 2.39. The quantitative estimate of drug-likeness (QED) is 0.404. The minimum absolute atomic E-state index is 0.0254. The summed E-state index contributed by atoms with van der Waals surface area (Å²) in [6.07, 6.45) is 2.58. The molecule has 0 bridgehead atoms. The van der Waals surface area contributed by atoms with Gasteiger partial charge in [0.2, 0.25) is 5.91 Å². The van der Waals surface area contributed by atoms with Gasteiger partial charge in [-0.3, -0.25) is 19.1 Å². The van der Waals surface area contributed by atoms with E-state index in [1.807, 2.05) is 30.3 Å². The van der Waals surface area contributed by atoms with Crippen LogP contribution >= 0.6 is 11.3 Å². The highest BCUT2D eigenvalue weighted by molar-refractivity contribution is 7.17. The molecule has 2 aromatic heterocycles. The van der Waals surface area contributed by atoms with Crippen molar-refractivity contribution in [3.63, 3.8) is 0 Å². The SMILES string of the molecule is CCN(CC(=O)Nc1sc2c(c1C(=O)OC)CCC2)c1c(N)n(Cc2ccccc2)c(=O)[nH]c1=O. The molecule has 0 spiro atoms. The number of nitrogens with one attached hydrogen (secondary N) is 2. The van der Waals surface area contributed by atoms with Crippen LogP contribution in [0.1, 0.15) is 39.7 Å². The third kappa shape index (κ3) is 4.85. The summed E-state index contributed by atoms with van der Waals surface area (Å²) >= 11 is 1.37. The van der Waals surface area contributed by atoms with Gasteiger partial charge in [-0.25, -0.2) is 9.59 Å². The van der Waals surface area contributed by atoms with Crippen LogP contribution in [0.2, 0.25) is 0 Å². The number of fused-ring (bicyclic) bond motifs is 1. The molecule has 1 amide bonds. The summed E-state index contributed by atoms with van der Waals surface area (Å²) in [4.78, 5) is 55.4. The molecule has 0 saturated heterocycles.